The summed E-state index contributed by atoms with van der Waals surface area (Å²) in [5, 5.41) is 12.9. The number of nitrogens with zero attached hydrogens (tertiary/aromatic N) is 1. The van der Waals surface area contributed by atoms with E-state index in [1.54, 1.807) is 30.3 Å². The van der Waals surface area contributed by atoms with Crippen LogP contribution in [0.3, 0.4) is 0 Å². The van der Waals surface area contributed by atoms with Gasteiger partial charge in [-0.3, -0.25) is 9.10 Å². The van der Waals surface area contributed by atoms with Crippen LogP contribution in [0.25, 0.3) is 0 Å². The number of aliphatic hydroxyl groups is 1. The third kappa shape index (κ3) is 4.19. The molecule has 160 valence electrons. The van der Waals surface area contributed by atoms with E-state index in [1.807, 2.05) is 43.3 Å². The van der Waals surface area contributed by atoms with Crippen molar-refractivity contribution in [1.29, 1.82) is 0 Å². The zero-order chi connectivity index (χ0) is 22.0. The number of anilines is 1. The van der Waals surface area contributed by atoms with E-state index in [4.69, 9.17) is 0 Å². The van der Waals surface area contributed by atoms with Gasteiger partial charge in [-0.05, 0) is 48.7 Å². The molecule has 3 aromatic carbocycles. The maximum absolute atomic E-state index is 13.4. The summed E-state index contributed by atoms with van der Waals surface area (Å²) in [4.78, 5) is 12.7. The minimum atomic E-state index is -3.83. The van der Waals surface area contributed by atoms with E-state index in [2.05, 4.69) is 5.32 Å². The van der Waals surface area contributed by atoms with Crippen LogP contribution in [-0.4, -0.2) is 32.0 Å². The van der Waals surface area contributed by atoms with Gasteiger partial charge in [0.2, 0.25) is 0 Å². The van der Waals surface area contributed by atoms with Crippen molar-refractivity contribution in [3.8, 4) is 0 Å². The molecule has 3 aromatic rings. The lowest BCUT2D eigenvalue weighted by Crippen LogP contribution is -2.36. The highest BCUT2D eigenvalue weighted by Crippen LogP contribution is 2.36. The SMILES string of the molecule is CC1Cc2ccccc2N1S(=O)(=O)c1cccc(C(=O)NCC(O)c2ccccc2)c1. The maximum Gasteiger partial charge on any atom is 0.264 e. The molecule has 0 fully saturated rings. The molecule has 2 N–H and O–H groups in total. The smallest absolute Gasteiger partial charge is 0.264 e. The number of carbonyl (C=O) groups is 1. The van der Waals surface area contributed by atoms with E-state index in [0.717, 1.165) is 5.56 Å². The van der Waals surface area contributed by atoms with Crippen molar-refractivity contribution in [2.24, 2.45) is 0 Å². The first kappa shape index (κ1) is 21.1. The predicted molar refractivity (Wildman–Crippen MR) is 119 cm³/mol. The summed E-state index contributed by atoms with van der Waals surface area (Å²) < 4.78 is 28.2. The molecule has 0 spiro atoms. The van der Waals surface area contributed by atoms with Crippen molar-refractivity contribution in [3.05, 3.63) is 95.6 Å². The van der Waals surface area contributed by atoms with Crippen LogP contribution in [0.4, 0.5) is 5.69 Å². The number of para-hydroxylation sites is 1. The van der Waals surface area contributed by atoms with E-state index in [-0.39, 0.29) is 23.0 Å². The van der Waals surface area contributed by atoms with Crippen LogP contribution in [0.1, 0.15) is 34.5 Å². The minimum Gasteiger partial charge on any atom is -0.387 e. The van der Waals surface area contributed by atoms with Crippen LogP contribution < -0.4 is 9.62 Å². The van der Waals surface area contributed by atoms with Crippen LogP contribution in [0, 0.1) is 0 Å². The molecule has 7 heteroatoms. The van der Waals surface area contributed by atoms with Gasteiger partial charge >= 0.3 is 0 Å². The average molecular weight is 437 g/mol. The Hall–Kier alpha value is -3.16. The van der Waals surface area contributed by atoms with Gasteiger partial charge in [0, 0.05) is 18.2 Å². The van der Waals surface area contributed by atoms with E-state index in [1.165, 1.54) is 16.4 Å². The highest BCUT2D eigenvalue weighted by molar-refractivity contribution is 7.92. The summed E-state index contributed by atoms with van der Waals surface area (Å²) in [7, 11) is -3.83. The molecule has 31 heavy (non-hydrogen) atoms. The molecule has 0 aliphatic carbocycles. The van der Waals surface area contributed by atoms with E-state index in [0.29, 0.717) is 17.7 Å². The first-order chi connectivity index (χ1) is 14.9. The largest absolute Gasteiger partial charge is 0.387 e. The number of sulfonamides is 1. The first-order valence-corrected chi connectivity index (χ1v) is 11.6. The van der Waals surface area contributed by atoms with Gasteiger partial charge in [-0.25, -0.2) is 8.42 Å². The van der Waals surface area contributed by atoms with Crippen LogP contribution >= 0.6 is 0 Å². The number of amides is 1. The van der Waals surface area contributed by atoms with Crippen LogP contribution in [0.5, 0.6) is 0 Å². The summed E-state index contributed by atoms with van der Waals surface area (Å²) in [6.07, 6.45) is -0.202. The molecule has 0 aromatic heterocycles. The second-order valence-electron chi connectivity index (χ2n) is 7.65. The zero-order valence-corrected chi connectivity index (χ0v) is 17.9. The van der Waals surface area contributed by atoms with Gasteiger partial charge in [-0.1, -0.05) is 54.6 Å². The van der Waals surface area contributed by atoms with Crippen molar-refractivity contribution in [2.45, 2.75) is 30.4 Å². The Bertz CT molecular complexity index is 1190. The summed E-state index contributed by atoms with van der Waals surface area (Å²) in [6.45, 7) is 1.90. The summed E-state index contributed by atoms with van der Waals surface area (Å²) in [5.41, 5.74) is 2.58. The number of hydrogen-bond donors (Lipinski definition) is 2. The van der Waals surface area contributed by atoms with Gasteiger partial charge in [0.1, 0.15) is 0 Å². The van der Waals surface area contributed by atoms with E-state index in [9.17, 15) is 18.3 Å². The fourth-order valence-electron chi connectivity index (χ4n) is 3.90. The molecule has 2 unspecified atom stereocenters. The normalized spacial score (nSPS) is 16.6. The van der Waals surface area contributed by atoms with Gasteiger partial charge in [-0.2, -0.15) is 0 Å². The van der Waals surface area contributed by atoms with Gasteiger partial charge in [0.25, 0.3) is 15.9 Å². The molecule has 0 radical (unpaired) electrons. The van der Waals surface area contributed by atoms with Crippen molar-refractivity contribution in [1.82, 2.24) is 5.32 Å². The Labute approximate surface area is 182 Å². The molecule has 1 aliphatic heterocycles. The van der Waals surface area contributed by atoms with Gasteiger partial charge in [-0.15, -0.1) is 0 Å². The Balaban J connectivity index is 1.53. The molecule has 0 bridgehead atoms. The molecule has 4 rings (SSSR count). The Kier molecular flexibility index (Phi) is 5.80. The molecule has 2 atom stereocenters. The summed E-state index contributed by atoms with van der Waals surface area (Å²) in [5.74, 6) is -0.443. The highest BCUT2D eigenvalue weighted by atomic mass is 32.2. The number of aliphatic hydroxyl groups excluding tert-OH is 1. The lowest BCUT2D eigenvalue weighted by atomic mass is 10.1. The number of nitrogens with one attached hydrogen (secondary N) is 1. The number of hydrogen-bond acceptors (Lipinski definition) is 4. The fraction of sp³-hybridized carbons (Fsp3) is 0.208. The monoisotopic (exact) mass is 436 g/mol. The molecule has 6 nitrogen and oxygen atoms in total. The number of rotatable bonds is 6. The second kappa shape index (κ2) is 8.53. The molecule has 1 aliphatic rings. The van der Waals surface area contributed by atoms with Gasteiger partial charge in [0.15, 0.2) is 0 Å². The standard InChI is InChI=1S/C24H24N2O4S/c1-17-14-19-10-5-6-13-22(19)26(17)31(29,30)21-12-7-11-20(15-21)24(28)25-16-23(27)18-8-3-2-4-9-18/h2-13,15,17,23,27H,14,16H2,1H3,(H,25,28). The van der Waals surface area contributed by atoms with Gasteiger partial charge in [0.05, 0.1) is 16.7 Å². The summed E-state index contributed by atoms with van der Waals surface area (Å²) in [6, 6.07) is 22.3. The lowest BCUT2D eigenvalue weighted by Gasteiger charge is -2.24. The third-order valence-electron chi connectivity index (χ3n) is 5.44. The molecule has 1 amide bonds. The van der Waals surface area contributed by atoms with Crippen LogP contribution in [-0.2, 0) is 16.4 Å². The molecular formula is C24H24N2O4S. The highest BCUT2D eigenvalue weighted by Gasteiger charge is 2.36. The first-order valence-electron chi connectivity index (χ1n) is 10.1. The van der Waals surface area contributed by atoms with Crippen LogP contribution in [0.15, 0.2) is 83.8 Å². The number of fused-ring (bicyclic) bond motifs is 1. The molecule has 1 heterocycles. The third-order valence-corrected chi connectivity index (χ3v) is 7.36. The molecule has 0 saturated carbocycles. The van der Waals surface area contributed by atoms with Crippen molar-refractivity contribution >= 4 is 21.6 Å². The van der Waals surface area contributed by atoms with Crippen LogP contribution in [0.2, 0.25) is 0 Å². The number of carbonyl (C=O) groups excluding carboxylic acids is 1. The molecular weight excluding hydrogens is 412 g/mol. The topological polar surface area (TPSA) is 86.7 Å². The Morgan fingerprint density at radius 2 is 1.77 bits per heavy atom. The Morgan fingerprint density at radius 1 is 1.06 bits per heavy atom. The zero-order valence-electron chi connectivity index (χ0n) is 17.1. The second-order valence-corrected chi connectivity index (χ2v) is 9.46. The Morgan fingerprint density at radius 3 is 2.55 bits per heavy atom. The van der Waals surface area contributed by atoms with E-state index >= 15 is 0 Å². The van der Waals surface area contributed by atoms with Gasteiger partial charge < -0.3 is 10.4 Å². The minimum absolute atomic E-state index is 0.0242. The predicted octanol–water partition coefficient (Wildman–Crippen LogP) is 3.29. The maximum atomic E-state index is 13.4. The van der Waals surface area contributed by atoms with Crippen molar-refractivity contribution < 1.29 is 18.3 Å². The van der Waals surface area contributed by atoms with E-state index < -0.39 is 22.0 Å². The molecule has 0 saturated heterocycles. The summed E-state index contributed by atoms with van der Waals surface area (Å²) >= 11 is 0. The lowest BCUT2D eigenvalue weighted by molar-refractivity contribution is 0.0916. The average Bonchev–Trinajstić information content (AvgIpc) is 3.14. The fourth-order valence-corrected chi connectivity index (χ4v) is 5.64. The quantitative estimate of drug-likeness (QED) is 0.621. The van der Waals surface area contributed by atoms with Crippen molar-refractivity contribution in [2.75, 3.05) is 10.8 Å². The number of benzene rings is 3. The van der Waals surface area contributed by atoms with Crippen molar-refractivity contribution in [3.63, 3.8) is 0 Å².